The van der Waals surface area contributed by atoms with Gasteiger partial charge in [0.25, 0.3) is 0 Å². The van der Waals surface area contributed by atoms with E-state index in [-0.39, 0.29) is 0 Å². The molecule has 2 aliphatic rings. The van der Waals surface area contributed by atoms with Gasteiger partial charge in [-0.2, -0.15) is 0 Å². The van der Waals surface area contributed by atoms with E-state index in [2.05, 4.69) is 30.1 Å². The molecule has 19 heavy (non-hydrogen) atoms. The number of rotatable bonds is 1. The Balaban J connectivity index is 0.000000132. The Bertz CT molecular complexity index is 707. The third kappa shape index (κ3) is 2.49. The van der Waals surface area contributed by atoms with E-state index >= 15 is 0 Å². The summed E-state index contributed by atoms with van der Waals surface area (Å²) in [5.74, 6) is 0. The smallest absolute Gasteiger partial charge is 0.0746 e. The van der Waals surface area contributed by atoms with Crippen LogP contribution in [0.4, 0.5) is 0 Å². The van der Waals surface area contributed by atoms with E-state index in [0.717, 1.165) is 16.5 Å². The first-order chi connectivity index (χ1) is 9.28. The lowest BCUT2D eigenvalue weighted by Gasteiger charge is -2.00. The summed E-state index contributed by atoms with van der Waals surface area (Å²) in [6, 6.07) is 16.6. The highest BCUT2D eigenvalue weighted by Gasteiger charge is 2.10. The number of benzene rings is 2. The van der Waals surface area contributed by atoms with Gasteiger partial charge in [-0.15, -0.1) is 0 Å². The Morgan fingerprint density at radius 1 is 1.00 bits per heavy atom. The van der Waals surface area contributed by atoms with Crippen molar-refractivity contribution in [1.29, 1.82) is 0 Å². The SMILES string of the molecule is Cc1cc2cc-2c1.NCc1cccc2cccnc12. The van der Waals surface area contributed by atoms with Crippen molar-refractivity contribution in [2.75, 3.05) is 0 Å². The van der Waals surface area contributed by atoms with Gasteiger partial charge in [-0.25, -0.2) is 0 Å². The van der Waals surface area contributed by atoms with E-state index in [9.17, 15) is 0 Å². The summed E-state index contributed by atoms with van der Waals surface area (Å²) in [7, 11) is 0. The van der Waals surface area contributed by atoms with Crippen molar-refractivity contribution in [3.05, 3.63) is 65.9 Å². The largest absolute Gasteiger partial charge is 0.326 e. The molecule has 2 aliphatic carbocycles. The minimum Gasteiger partial charge on any atom is -0.326 e. The molecule has 2 aromatic rings. The predicted octanol–water partition coefficient (Wildman–Crippen LogP) is 3.67. The third-order valence-corrected chi connectivity index (χ3v) is 3.26. The van der Waals surface area contributed by atoms with Gasteiger partial charge in [0.1, 0.15) is 0 Å². The van der Waals surface area contributed by atoms with Crippen molar-refractivity contribution in [2.45, 2.75) is 13.5 Å². The zero-order valence-electron chi connectivity index (χ0n) is 10.9. The highest BCUT2D eigenvalue weighted by atomic mass is 14.7. The number of hydrogen-bond acceptors (Lipinski definition) is 2. The van der Waals surface area contributed by atoms with Crippen LogP contribution in [-0.4, -0.2) is 4.98 Å². The molecule has 0 fully saturated rings. The molecule has 0 spiro atoms. The second-order valence-corrected chi connectivity index (χ2v) is 4.78. The van der Waals surface area contributed by atoms with Crippen molar-refractivity contribution in [3.63, 3.8) is 0 Å². The quantitative estimate of drug-likeness (QED) is 0.558. The lowest BCUT2D eigenvalue weighted by molar-refractivity contribution is 1.08. The van der Waals surface area contributed by atoms with Crippen LogP contribution in [0.3, 0.4) is 0 Å². The van der Waals surface area contributed by atoms with Gasteiger partial charge in [0.05, 0.1) is 5.52 Å². The van der Waals surface area contributed by atoms with Gasteiger partial charge >= 0.3 is 0 Å². The molecule has 0 saturated carbocycles. The normalized spacial score (nSPS) is 10.8. The molecule has 2 N–H and O–H groups in total. The third-order valence-electron chi connectivity index (χ3n) is 3.26. The molecule has 0 aliphatic heterocycles. The van der Waals surface area contributed by atoms with Gasteiger partial charge in [0.2, 0.25) is 0 Å². The maximum Gasteiger partial charge on any atom is 0.0746 e. The number of para-hydroxylation sites is 1. The number of fused-ring (bicyclic) bond motifs is 2. The molecule has 0 radical (unpaired) electrons. The first-order valence-electron chi connectivity index (χ1n) is 6.43. The van der Waals surface area contributed by atoms with Crippen LogP contribution in [0.5, 0.6) is 0 Å². The van der Waals surface area contributed by atoms with Gasteiger partial charge < -0.3 is 5.73 Å². The number of aromatic nitrogens is 1. The van der Waals surface area contributed by atoms with Crippen LogP contribution in [0.15, 0.2) is 54.7 Å². The molecule has 4 rings (SSSR count). The summed E-state index contributed by atoms with van der Waals surface area (Å²) in [6.07, 6.45) is 1.79. The van der Waals surface area contributed by atoms with E-state index in [0.29, 0.717) is 6.54 Å². The Hall–Kier alpha value is -2.19. The molecule has 2 nitrogen and oxygen atoms in total. The van der Waals surface area contributed by atoms with Crippen LogP contribution in [-0.2, 0) is 6.54 Å². The van der Waals surface area contributed by atoms with E-state index < -0.39 is 0 Å². The second-order valence-electron chi connectivity index (χ2n) is 4.78. The van der Waals surface area contributed by atoms with Crippen LogP contribution in [0, 0.1) is 6.92 Å². The molecule has 1 aromatic heterocycles. The van der Waals surface area contributed by atoms with Gasteiger partial charge in [0, 0.05) is 18.1 Å². The molecule has 0 saturated heterocycles. The predicted molar refractivity (Wildman–Crippen MR) is 79.8 cm³/mol. The topological polar surface area (TPSA) is 38.9 Å². The van der Waals surface area contributed by atoms with Crippen molar-refractivity contribution < 1.29 is 0 Å². The lowest BCUT2D eigenvalue weighted by Crippen LogP contribution is -1.97. The molecule has 1 aromatic carbocycles. The van der Waals surface area contributed by atoms with E-state index in [1.54, 1.807) is 6.20 Å². The van der Waals surface area contributed by atoms with Crippen LogP contribution in [0.1, 0.15) is 11.1 Å². The molecule has 0 atom stereocenters. The summed E-state index contributed by atoms with van der Waals surface area (Å²) in [5.41, 5.74) is 12.0. The fraction of sp³-hybridized carbons (Fsp3) is 0.118. The zero-order valence-corrected chi connectivity index (χ0v) is 10.9. The Morgan fingerprint density at radius 3 is 2.37 bits per heavy atom. The summed E-state index contributed by atoms with van der Waals surface area (Å²) in [6.45, 7) is 2.67. The van der Waals surface area contributed by atoms with E-state index in [4.69, 9.17) is 5.73 Å². The summed E-state index contributed by atoms with van der Waals surface area (Å²) >= 11 is 0. The average Bonchev–Trinajstić information content (AvgIpc) is 3.06. The summed E-state index contributed by atoms with van der Waals surface area (Å²) in [5, 5.41) is 1.15. The lowest BCUT2D eigenvalue weighted by atomic mass is 10.1. The van der Waals surface area contributed by atoms with E-state index in [1.807, 2.05) is 30.3 Å². The molecule has 0 bridgehead atoms. The van der Waals surface area contributed by atoms with Gasteiger partial charge in [-0.05, 0) is 41.3 Å². The van der Waals surface area contributed by atoms with Gasteiger partial charge in [0.15, 0.2) is 0 Å². The summed E-state index contributed by atoms with van der Waals surface area (Å²) in [4.78, 5) is 4.27. The Morgan fingerprint density at radius 2 is 1.74 bits per heavy atom. The highest BCUT2D eigenvalue weighted by molar-refractivity contribution is 5.82. The molecule has 1 heterocycles. The molecule has 0 amide bonds. The van der Waals surface area contributed by atoms with Crippen molar-refractivity contribution in [1.82, 2.24) is 4.98 Å². The standard InChI is InChI=1S/C10H10N2.C7H6/c11-7-9-4-1-3-8-5-2-6-12-10(8)9;1-5-2-6-4-7(6)3-5/h1-6H,7,11H2;2-4H,1H3. The second kappa shape index (κ2) is 4.82. The number of hydrogen-bond donors (Lipinski definition) is 1. The first kappa shape index (κ1) is 11.9. The van der Waals surface area contributed by atoms with Crippen LogP contribution in [0.25, 0.3) is 22.0 Å². The van der Waals surface area contributed by atoms with Crippen molar-refractivity contribution in [3.8, 4) is 11.1 Å². The molecule has 0 unspecified atom stereocenters. The van der Waals surface area contributed by atoms with Gasteiger partial charge in [-0.1, -0.05) is 36.4 Å². The fourth-order valence-electron chi connectivity index (χ4n) is 2.25. The number of nitrogens with zero attached hydrogens (tertiary/aromatic N) is 1. The average molecular weight is 248 g/mol. The summed E-state index contributed by atoms with van der Waals surface area (Å²) < 4.78 is 0. The molecular formula is C17H16N2. The zero-order chi connectivity index (χ0) is 13.2. The van der Waals surface area contributed by atoms with Crippen molar-refractivity contribution >= 4 is 10.9 Å². The Kier molecular flexibility index (Phi) is 3.02. The van der Waals surface area contributed by atoms with Crippen molar-refractivity contribution in [2.24, 2.45) is 5.73 Å². The van der Waals surface area contributed by atoms with E-state index in [1.165, 1.54) is 16.7 Å². The van der Waals surface area contributed by atoms with Crippen LogP contribution >= 0.6 is 0 Å². The van der Waals surface area contributed by atoms with Crippen LogP contribution < -0.4 is 5.73 Å². The number of aryl methyl sites for hydroxylation is 1. The number of pyridine rings is 1. The molecule has 94 valence electrons. The monoisotopic (exact) mass is 248 g/mol. The molecular weight excluding hydrogens is 232 g/mol. The minimum atomic E-state index is 0.550. The Labute approximate surface area is 112 Å². The minimum absolute atomic E-state index is 0.550. The first-order valence-corrected chi connectivity index (χ1v) is 6.43. The van der Waals surface area contributed by atoms with Crippen LogP contribution in [0.2, 0.25) is 0 Å². The van der Waals surface area contributed by atoms with Gasteiger partial charge in [-0.3, -0.25) is 4.98 Å². The maximum atomic E-state index is 5.58. The highest BCUT2D eigenvalue weighted by Crippen LogP contribution is 2.35. The maximum absolute atomic E-state index is 5.58. The number of nitrogens with two attached hydrogens (primary N) is 1. The fourth-order valence-corrected chi connectivity index (χ4v) is 2.25. The molecule has 2 heteroatoms.